The molecule has 86 valence electrons. The third-order valence-electron chi connectivity index (χ3n) is 2.02. The van der Waals surface area contributed by atoms with Crippen LogP contribution in [0.4, 0.5) is 0 Å². The Labute approximate surface area is 114 Å². The van der Waals surface area contributed by atoms with Gasteiger partial charge in [-0.05, 0) is 34.2 Å². The van der Waals surface area contributed by atoms with Gasteiger partial charge in [-0.3, -0.25) is 0 Å². The first-order valence-electron chi connectivity index (χ1n) is 5.16. The highest BCUT2D eigenvalue weighted by Gasteiger charge is 1.94. The molecule has 2 rings (SSSR count). The first-order valence-corrected chi connectivity index (χ1v) is 6.24. The first kappa shape index (κ1) is 12.0. The van der Waals surface area contributed by atoms with Gasteiger partial charge >= 0.3 is 6.01 Å². The van der Waals surface area contributed by atoms with Gasteiger partial charge in [-0.25, -0.2) is 9.97 Å². The van der Waals surface area contributed by atoms with Crippen LogP contribution in [-0.4, -0.2) is 16.6 Å². The summed E-state index contributed by atoms with van der Waals surface area (Å²) in [7, 11) is 0. The molecule has 0 N–H and O–H groups in total. The second-order valence-corrected chi connectivity index (χ2v) is 4.55. The van der Waals surface area contributed by atoms with Crippen LogP contribution in [0.3, 0.4) is 0 Å². The number of ether oxygens (including phenoxy) is 1. The predicted molar refractivity (Wildman–Crippen MR) is 75.7 cm³/mol. The second kappa shape index (κ2) is 6.34. The fourth-order valence-electron chi connectivity index (χ4n) is 1.25. The van der Waals surface area contributed by atoms with Crippen LogP contribution in [0.5, 0.6) is 6.01 Å². The lowest BCUT2D eigenvalue weighted by Crippen LogP contribution is -1.98. The van der Waals surface area contributed by atoms with E-state index in [1.54, 1.807) is 12.4 Å². The molecule has 0 fully saturated rings. The monoisotopic (exact) mass is 338 g/mol. The lowest BCUT2D eigenvalue weighted by Gasteiger charge is -1.99. The molecule has 3 nitrogen and oxygen atoms in total. The topological polar surface area (TPSA) is 35.0 Å². The lowest BCUT2D eigenvalue weighted by atomic mass is 10.2. The maximum Gasteiger partial charge on any atom is 0.316 e. The molecule has 4 heteroatoms. The summed E-state index contributed by atoms with van der Waals surface area (Å²) in [4.78, 5) is 8.10. The molecule has 17 heavy (non-hydrogen) atoms. The smallest absolute Gasteiger partial charge is 0.316 e. The van der Waals surface area contributed by atoms with Crippen LogP contribution in [0.1, 0.15) is 5.56 Å². The Morgan fingerprint density at radius 3 is 2.53 bits per heavy atom. The quantitative estimate of drug-likeness (QED) is 0.804. The van der Waals surface area contributed by atoms with Gasteiger partial charge in [0.25, 0.3) is 0 Å². The van der Waals surface area contributed by atoms with Crippen molar-refractivity contribution in [2.75, 3.05) is 6.61 Å². The molecule has 1 aromatic heterocycles. The van der Waals surface area contributed by atoms with Crippen LogP contribution in [0.2, 0.25) is 0 Å². The van der Waals surface area contributed by atoms with E-state index in [1.165, 1.54) is 0 Å². The van der Waals surface area contributed by atoms with Gasteiger partial charge in [0.2, 0.25) is 0 Å². The number of hydrogen-bond acceptors (Lipinski definition) is 3. The van der Waals surface area contributed by atoms with E-state index in [0.29, 0.717) is 12.6 Å². The fraction of sp³-hybridized carbons (Fsp3) is 0.0769. The third-order valence-corrected chi connectivity index (χ3v) is 2.57. The molecular formula is C13H11IN2O. The number of nitrogens with zero attached hydrogens (tertiary/aromatic N) is 2. The van der Waals surface area contributed by atoms with E-state index < -0.39 is 0 Å². The van der Waals surface area contributed by atoms with Crippen LogP contribution < -0.4 is 4.74 Å². The van der Waals surface area contributed by atoms with Gasteiger partial charge in [-0.1, -0.05) is 36.4 Å². The number of aromatic nitrogens is 2. The van der Waals surface area contributed by atoms with Crippen LogP contribution in [0.15, 0.2) is 48.8 Å². The van der Waals surface area contributed by atoms with Crippen molar-refractivity contribution in [3.8, 4) is 6.01 Å². The number of benzene rings is 1. The van der Waals surface area contributed by atoms with E-state index in [4.69, 9.17) is 4.74 Å². The van der Waals surface area contributed by atoms with Crippen molar-refractivity contribution in [2.45, 2.75) is 0 Å². The second-order valence-electron chi connectivity index (χ2n) is 3.31. The van der Waals surface area contributed by atoms with E-state index in [-0.39, 0.29) is 0 Å². The van der Waals surface area contributed by atoms with Gasteiger partial charge in [0, 0.05) is 16.0 Å². The predicted octanol–water partition coefficient (Wildman–Crippen LogP) is 3.17. The van der Waals surface area contributed by atoms with E-state index in [1.807, 2.05) is 42.5 Å². The van der Waals surface area contributed by atoms with Crippen molar-refractivity contribution < 1.29 is 4.74 Å². The Bertz CT molecular complexity index is 483. The molecule has 0 bridgehead atoms. The van der Waals surface area contributed by atoms with Crippen molar-refractivity contribution in [3.05, 3.63) is 57.9 Å². The Hall–Kier alpha value is -1.43. The molecule has 0 amide bonds. The number of rotatable bonds is 4. The number of halogens is 1. The Morgan fingerprint density at radius 2 is 1.82 bits per heavy atom. The zero-order valence-electron chi connectivity index (χ0n) is 9.08. The minimum atomic E-state index is 0.406. The maximum absolute atomic E-state index is 5.37. The molecule has 1 aromatic carbocycles. The summed E-state index contributed by atoms with van der Waals surface area (Å²) in [6, 6.07) is 10.5. The maximum atomic E-state index is 5.37. The molecule has 0 spiro atoms. The normalized spacial score (nSPS) is 10.6. The first-order chi connectivity index (χ1) is 8.34. The zero-order chi connectivity index (χ0) is 11.9. The van der Waals surface area contributed by atoms with E-state index in [9.17, 15) is 0 Å². The lowest BCUT2D eigenvalue weighted by molar-refractivity contribution is 0.333. The Kier molecular flexibility index (Phi) is 4.49. The summed E-state index contributed by atoms with van der Waals surface area (Å²) in [5.41, 5.74) is 1.15. The summed E-state index contributed by atoms with van der Waals surface area (Å²) in [6.07, 6.45) is 7.40. The van der Waals surface area contributed by atoms with Gasteiger partial charge in [0.05, 0.1) is 0 Å². The molecule has 0 unspecified atom stereocenters. The van der Waals surface area contributed by atoms with Gasteiger partial charge in [-0.2, -0.15) is 0 Å². The third kappa shape index (κ3) is 4.14. The van der Waals surface area contributed by atoms with Crippen LogP contribution >= 0.6 is 22.6 Å². The number of hydrogen-bond donors (Lipinski definition) is 0. The van der Waals surface area contributed by atoms with Gasteiger partial charge in [0.15, 0.2) is 0 Å². The molecule has 0 atom stereocenters. The van der Waals surface area contributed by atoms with Crippen molar-refractivity contribution in [1.29, 1.82) is 0 Å². The fourth-order valence-corrected chi connectivity index (χ4v) is 1.52. The molecule has 0 aliphatic carbocycles. The molecule has 0 saturated heterocycles. The van der Waals surface area contributed by atoms with Gasteiger partial charge in [0.1, 0.15) is 6.61 Å². The van der Waals surface area contributed by atoms with Crippen molar-refractivity contribution in [3.63, 3.8) is 0 Å². The highest BCUT2D eigenvalue weighted by molar-refractivity contribution is 14.1. The van der Waals surface area contributed by atoms with Gasteiger partial charge in [-0.15, -0.1) is 0 Å². The van der Waals surface area contributed by atoms with Crippen LogP contribution in [-0.2, 0) is 0 Å². The summed E-state index contributed by atoms with van der Waals surface area (Å²) in [5, 5.41) is 0. The van der Waals surface area contributed by atoms with E-state index in [0.717, 1.165) is 9.13 Å². The van der Waals surface area contributed by atoms with Crippen LogP contribution in [0.25, 0.3) is 6.08 Å². The van der Waals surface area contributed by atoms with Gasteiger partial charge < -0.3 is 4.74 Å². The molecule has 1 heterocycles. The average Bonchev–Trinajstić information content (AvgIpc) is 2.38. The molecule has 0 aliphatic heterocycles. The zero-order valence-corrected chi connectivity index (χ0v) is 11.2. The summed E-state index contributed by atoms with van der Waals surface area (Å²) >= 11 is 2.15. The van der Waals surface area contributed by atoms with E-state index >= 15 is 0 Å². The average molecular weight is 338 g/mol. The summed E-state index contributed by atoms with van der Waals surface area (Å²) in [6.45, 7) is 0.468. The van der Waals surface area contributed by atoms with Crippen molar-refractivity contribution in [1.82, 2.24) is 9.97 Å². The molecular weight excluding hydrogens is 327 g/mol. The molecule has 0 radical (unpaired) electrons. The Balaban J connectivity index is 1.84. The summed E-state index contributed by atoms with van der Waals surface area (Å²) < 4.78 is 6.37. The Morgan fingerprint density at radius 1 is 1.12 bits per heavy atom. The van der Waals surface area contributed by atoms with Crippen molar-refractivity contribution >= 4 is 28.7 Å². The highest BCUT2D eigenvalue weighted by Crippen LogP contribution is 2.05. The molecule has 0 saturated carbocycles. The summed E-state index contributed by atoms with van der Waals surface area (Å²) in [5.74, 6) is 0. The SMILES string of the molecule is Ic1cnc(OC/C=C/c2ccccc2)nc1. The van der Waals surface area contributed by atoms with E-state index in [2.05, 4.69) is 32.6 Å². The standard InChI is InChI=1S/C13H11IN2O/c14-12-9-15-13(16-10-12)17-8-4-7-11-5-2-1-3-6-11/h1-7,9-10H,8H2/b7-4+. The minimum Gasteiger partial charge on any atom is -0.459 e. The molecule has 2 aromatic rings. The molecule has 0 aliphatic rings. The van der Waals surface area contributed by atoms with Crippen molar-refractivity contribution in [2.24, 2.45) is 0 Å². The largest absolute Gasteiger partial charge is 0.459 e. The minimum absolute atomic E-state index is 0.406. The van der Waals surface area contributed by atoms with Crippen LogP contribution in [0, 0.1) is 3.57 Å². The highest BCUT2D eigenvalue weighted by atomic mass is 127.